The largest absolute Gasteiger partial charge is 0.276 e. The fraction of sp³-hybridized carbons (Fsp3) is 0. The molecule has 0 saturated carbocycles. The van der Waals surface area contributed by atoms with Gasteiger partial charge in [0.15, 0.2) is 0 Å². The predicted molar refractivity (Wildman–Crippen MR) is 61.8 cm³/mol. The molecule has 1 nitrogen and oxygen atoms in total. The molecule has 0 aliphatic rings. The van der Waals surface area contributed by atoms with Gasteiger partial charge in [0.2, 0.25) is 0 Å². The van der Waals surface area contributed by atoms with E-state index in [0.717, 1.165) is 15.2 Å². The molecule has 14 heavy (non-hydrogen) atoms. The van der Waals surface area contributed by atoms with Gasteiger partial charge < -0.3 is 0 Å². The van der Waals surface area contributed by atoms with Crippen LogP contribution < -0.4 is 0 Å². The molecule has 0 aromatic heterocycles. The maximum absolute atomic E-state index is 11.2. The summed E-state index contributed by atoms with van der Waals surface area (Å²) in [4.78, 5) is 11.2. The van der Waals surface area contributed by atoms with Gasteiger partial charge in [-0.1, -0.05) is 30.3 Å². The number of fused-ring (bicyclic) bond motifs is 1. The number of carbonyl (C=O) groups is 1. The van der Waals surface area contributed by atoms with Gasteiger partial charge in [0.25, 0.3) is 5.24 Å². The first-order chi connectivity index (χ1) is 6.70. The average Bonchev–Trinajstić information content (AvgIpc) is 2.17. The van der Waals surface area contributed by atoms with Crippen molar-refractivity contribution in [2.45, 2.75) is 0 Å². The van der Waals surface area contributed by atoms with Crippen molar-refractivity contribution in [2.24, 2.45) is 0 Å². The van der Waals surface area contributed by atoms with Crippen LogP contribution in [0.1, 0.15) is 10.4 Å². The van der Waals surface area contributed by atoms with Crippen LogP contribution in [0, 0.1) is 0 Å². The maximum atomic E-state index is 11.2. The minimum atomic E-state index is -0.436. The molecule has 70 valence electrons. The molecule has 2 aromatic carbocycles. The van der Waals surface area contributed by atoms with Crippen molar-refractivity contribution < 1.29 is 4.79 Å². The number of hydrogen-bond acceptors (Lipinski definition) is 1. The van der Waals surface area contributed by atoms with Gasteiger partial charge in [0.05, 0.1) is 5.56 Å². The zero-order chi connectivity index (χ0) is 10.1. The summed E-state index contributed by atoms with van der Waals surface area (Å²) >= 11 is 8.83. The molecule has 2 aromatic rings. The topological polar surface area (TPSA) is 17.1 Å². The van der Waals surface area contributed by atoms with E-state index in [9.17, 15) is 4.79 Å². The molecule has 2 rings (SSSR count). The van der Waals surface area contributed by atoms with Gasteiger partial charge in [-0.05, 0) is 44.4 Å². The van der Waals surface area contributed by atoms with Crippen molar-refractivity contribution in [3.05, 3.63) is 46.4 Å². The highest BCUT2D eigenvalue weighted by atomic mass is 79.9. The molecule has 0 unspecified atom stereocenters. The van der Waals surface area contributed by atoms with Crippen LogP contribution in [0.2, 0.25) is 0 Å². The lowest BCUT2D eigenvalue weighted by molar-refractivity contribution is 0.108. The summed E-state index contributed by atoms with van der Waals surface area (Å²) in [6.07, 6.45) is 0. The third-order valence-electron chi connectivity index (χ3n) is 2.07. The van der Waals surface area contributed by atoms with Crippen LogP contribution in [0.3, 0.4) is 0 Å². The van der Waals surface area contributed by atoms with E-state index in [0.29, 0.717) is 5.56 Å². The second-order valence-electron chi connectivity index (χ2n) is 2.92. The van der Waals surface area contributed by atoms with Crippen LogP contribution in [0.25, 0.3) is 10.8 Å². The smallest absolute Gasteiger partial charge is 0.254 e. The van der Waals surface area contributed by atoms with Crippen LogP contribution in [0.15, 0.2) is 40.9 Å². The van der Waals surface area contributed by atoms with Crippen molar-refractivity contribution in [1.29, 1.82) is 0 Å². The monoisotopic (exact) mass is 268 g/mol. The number of benzene rings is 2. The first-order valence-corrected chi connectivity index (χ1v) is 5.24. The first-order valence-electron chi connectivity index (χ1n) is 4.07. The molecule has 0 N–H and O–H groups in total. The lowest BCUT2D eigenvalue weighted by atomic mass is 10.1. The molecule has 0 saturated heterocycles. The van der Waals surface area contributed by atoms with Gasteiger partial charge >= 0.3 is 0 Å². The summed E-state index contributed by atoms with van der Waals surface area (Å²) in [5.74, 6) is 0. The van der Waals surface area contributed by atoms with Crippen molar-refractivity contribution >= 4 is 43.5 Å². The van der Waals surface area contributed by atoms with E-state index in [2.05, 4.69) is 15.9 Å². The SMILES string of the molecule is O=C(Cl)c1c(Br)ccc2ccccc12. The summed E-state index contributed by atoms with van der Waals surface area (Å²) in [7, 11) is 0. The second kappa shape index (κ2) is 3.71. The predicted octanol–water partition coefficient (Wildman–Crippen LogP) is 3.98. The molecule has 0 aliphatic heterocycles. The first kappa shape index (κ1) is 9.69. The van der Waals surface area contributed by atoms with E-state index < -0.39 is 5.24 Å². The molecular weight excluding hydrogens is 263 g/mol. The second-order valence-corrected chi connectivity index (χ2v) is 4.11. The Hall–Kier alpha value is -0.860. The normalized spacial score (nSPS) is 10.4. The molecule has 0 heterocycles. The minimum Gasteiger partial charge on any atom is -0.276 e. The molecule has 3 heteroatoms. The summed E-state index contributed by atoms with van der Waals surface area (Å²) in [6, 6.07) is 11.4. The van der Waals surface area contributed by atoms with Crippen molar-refractivity contribution in [3.8, 4) is 0 Å². The van der Waals surface area contributed by atoms with Gasteiger partial charge in [0.1, 0.15) is 0 Å². The number of carbonyl (C=O) groups excluding carboxylic acids is 1. The number of halogens is 2. The van der Waals surface area contributed by atoms with E-state index >= 15 is 0 Å². The van der Waals surface area contributed by atoms with Crippen molar-refractivity contribution in [3.63, 3.8) is 0 Å². The fourth-order valence-electron chi connectivity index (χ4n) is 1.44. The highest BCUT2D eigenvalue weighted by molar-refractivity contribution is 9.10. The average molecular weight is 270 g/mol. The third kappa shape index (κ3) is 1.56. The van der Waals surface area contributed by atoms with E-state index in [4.69, 9.17) is 11.6 Å². The highest BCUT2D eigenvalue weighted by Crippen LogP contribution is 2.27. The minimum absolute atomic E-state index is 0.436. The van der Waals surface area contributed by atoms with E-state index in [1.54, 1.807) is 0 Å². The van der Waals surface area contributed by atoms with Gasteiger partial charge in [-0.15, -0.1) is 0 Å². The van der Waals surface area contributed by atoms with Gasteiger partial charge in [-0.3, -0.25) is 4.79 Å². The van der Waals surface area contributed by atoms with E-state index in [-0.39, 0.29) is 0 Å². The van der Waals surface area contributed by atoms with Gasteiger partial charge in [-0.25, -0.2) is 0 Å². The fourth-order valence-corrected chi connectivity index (χ4v) is 2.29. The summed E-state index contributed by atoms with van der Waals surface area (Å²) in [5.41, 5.74) is 0.532. The number of hydrogen-bond donors (Lipinski definition) is 0. The summed E-state index contributed by atoms with van der Waals surface area (Å²) in [5, 5.41) is 1.45. The lowest BCUT2D eigenvalue weighted by Gasteiger charge is -2.04. The van der Waals surface area contributed by atoms with Crippen LogP contribution in [-0.2, 0) is 0 Å². The molecule has 0 aliphatic carbocycles. The Morgan fingerprint density at radius 2 is 1.86 bits per heavy atom. The Morgan fingerprint density at radius 1 is 1.14 bits per heavy atom. The molecule has 0 bridgehead atoms. The van der Waals surface area contributed by atoms with Crippen LogP contribution >= 0.6 is 27.5 Å². The number of rotatable bonds is 1. The van der Waals surface area contributed by atoms with Crippen LogP contribution in [0.4, 0.5) is 0 Å². The van der Waals surface area contributed by atoms with E-state index in [1.165, 1.54) is 0 Å². The molecule has 0 fully saturated rings. The van der Waals surface area contributed by atoms with Crippen molar-refractivity contribution in [2.75, 3.05) is 0 Å². The third-order valence-corrected chi connectivity index (χ3v) is 2.92. The Morgan fingerprint density at radius 3 is 2.57 bits per heavy atom. The standard InChI is InChI=1S/C11H6BrClO/c12-9-6-5-7-3-1-2-4-8(7)10(9)11(13)14/h1-6H. The summed E-state index contributed by atoms with van der Waals surface area (Å²) in [6.45, 7) is 0. The van der Waals surface area contributed by atoms with Gasteiger partial charge in [-0.2, -0.15) is 0 Å². The zero-order valence-corrected chi connectivity index (χ0v) is 9.47. The molecule has 0 amide bonds. The molecule has 0 radical (unpaired) electrons. The van der Waals surface area contributed by atoms with Crippen LogP contribution in [0.5, 0.6) is 0 Å². The Bertz CT molecular complexity index is 508. The van der Waals surface area contributed by atoms with Gasteiger partial charge in [0, 0.05) is 4.47 Å². The Labute approximate surface area is 94.8 Å². The van der Waals surface area contributed by atoms with Crippen LogP contribution in [-0.4, -0.2) is 5.24 Å². The highest BCUT2D eigenvalue weighted by Gasteiger charge is 2.10. The van der Waals surface area contributed by atoms with E-state index in [1.807, 2.05) is 36.4 Å². The zero-order valence-electron chi connectivity index (χ0n) is 7.13. The Balaban J connectivity index is 2.90. The molecular formula is C11H6BrClO. The van der Waals surface area contributed by atoms with Crippen molar-refractivity contribution in [1.82, 2.24) is 0 Å². The summed E-state index contributed by atoms with van der Waals surface area (Å²) < 4.78 is 0.733. The Kier molecular flexibility index (Phi) is 2.57. The molecule has 0 atom stereocenters. The lowest BCUT2D eigenvalue weighted by Crippen LogP contribution is -1.92. The maximum Gasteiger partial charge on any atom is 0.254 e. The quantitative estimate of drug-likeness (QED) is 0.716. The molecule has 0 spiro atoms.